The normalized spacial score (nSPS) is 18.1. The summed E-state index contributed by atoms with van der Waals surface area (Å²) in [5.41, 5.74) is 5.26. The molecule has 1 aliphatic rings. The van der Waals surface area contributed by atoms with Crippen molar-refractivity contribution in [3.8, 4) is 0 Å². The van der Waals surface area contributed by atoms with Gasteiger partial charge in [-0.1, -0.05) is 37.3 Å². The number of fused-ring (bicyclic) bond motifs is 1. The summed E-state index contributed by atoms with van der Waals surface area (Å²) in [6, 6.07) is 14.7. The summed E-state index contributed by atoms with van der Waals surface area (Å²) in [5, 5.41) is 3.50. The lowest BCUT2D eigenvalue weighted by Crippen LogP contribution is -2.45. The molecule has 1 atom stereocenters. The Kier molecular flexibility index (Phi) is 5.05. The lowest BCUT2D eigenvalue weighted by Gasteiger charge is -2.36. The first kappa shape index (κ1) is 17.9. The molecular formula is C22H26N4O. The monoisotopic (exact) mass is 362 g/mol. The van der Waals surface area contributed by atoms with Crippen LogP contribution in [-0.2, 0) is 13.0 Å². The number of aryl methyl sites for hydroxylation is 2. The molecule has 0 radical (unpaired) electrons. The molecule has 1 N–H and O–H groups in total. The van der Waals surface area contributed by atoms with Crippen LogP contribution in [-0.4, -0.2) is 33.9 Å². The van der Waals surface area contributed by atoms with Crippen LogP contribution in [0.4, 0.5) is 0 Å². The van der Waals surface area contributed by atoms with Crippen LogP contribution in [0.5, 0.6) is 0 Å². The summed E-state index contributed by atoms with van der Waals surface area (Å²) in [5.74, 6) is 0. The van der Waals surface area contributed by atoms with Gasteiger partial charge in [0.15, 0.2) is 0 Å². The number of hydrogen-bond donors (Lipinski definition) is 1. The third kappa shape index (κ3) is 3.66. The molecule has 1 saturated heterocycles. The van der Waals surface area contributed by atoms with Crippen LogP contribution < -0.4 is 10.9 Å². The number of nitrogens with one attached hydrogen (secondary N) is 1. The highest BCUT2D eigenvalue weighted by molar-refractivity contribution is 5.46. The van der Waals surface area contributed by atoms with Crippen LogP contribution in [0.2, 0.25) is 0 Å². The van der Waals surface area contributed by atoms with E-state index in [1.807, 2.05) is 19.1 Å². The summed E-state index contributed by atoms with van der Waals surface area (Å²) in [4.78, 5) is 19.7. The maximum Gasteiger partial charge on any atom is 0.258 e. The molecule has 5 heteroatoms. The van der Waals surface area contributed by atoms with Crippen molar-refractivity contribution in [2.24, 2.45) is 0 Å². The van der Waals surface area contributed by atoms with Gasteiger partial charge in [0.2, 0.25) is 0 Å². The fourth-order valence-corrected chi connectivity index (χ4v) is 3.84. The number of piperazine rings is 1. The zero-order chi connectivity index (χ0) is 18.8. The molecule has 27 heavy (non-hydrogen) atoms. The zero-order valence-electron chi connectivity index (χ0n) is 16.0. The van der Waals surface area contributed by atoms with Crippen molar-refractivity contribution in [1.29, 1.82) is 0 Å². The van der Waals surface area contributed by atoms with Gasteiger partial charge in [0.1, 0.15) is 5.65 Å². The molecule has 0 spiro atoms. The van der Waals surface area contributed by atoms with Gasteiger partial charge < -0.3 is 5.32 Å². The van der Waals surface area contributed by atoms with Crippen molar-refractivity contribution in [2.75, 3.05) is 19.6 Å². The highest BCUT2D eigenvalue weighted by Gasteiger charge is 2.24. The average Bonchev–Trinajstić information content (AvgIpc) is 2.69. The molecule has 2 aromatic heterocycles. The van der Waals surface area contributed by atoms with Gasteiger partial charge in [-0.2, -0.15) is 0 Å². The standard InChI is InChI=1S/C22H26N4O/c1-3-17-6-8-18(9-7-17)20-14-23-10-12-25(20)15-19-13-21(27)26-11-4-5-16(2)22(26)24-19/h4-9,11,13,20,23H,3,10,12,14-15H2,1-2H3. The Bertz CT molecular complexity index is 993. The molecule has 1 fully saturated rings. The van der Waals surface area contributed by atoms with Gasteiger partial charge in [0.25, 0.3) is 5.56 Å². The van der Waals surface area contributed by atoms with Gasteiger partial charge in [-0.3, -0.25) is 14.1 Å². The van der Waals surface area contributed by atoms with Crippen LogP contribution in [0, 0.1) is 6.92 Å². The third-order valence-electron chi connectivity index (χ3n) is 5.43. The quantitative estimate of drug-likeness (QED) is 0.775. The molecule has 4 rings (SSSR count). The second-order valence-electron chi connectivity index (χ2n) is 7.26. The molecule has 3 heterocycles. The van der Waals surface area contributed by atoms with E-state index in [1.54, 1.807) is 16.7 Å². The SMILES string of the molecule is CCc1ccc(C2CNCCN2Cc2cc(=O)n3cccc(C)c3n2)cc1. The molecular weight excluding hydrogens is 336 g/mol. The summed E-state index contributed by atoms with van der Waals surface area (Å²) in [6.45, 7) is 7.66. The molecule has 1 aromatic carbocycles. The Hall–Kier alpha value is -2.50. The van der Waals surface area contributed by atoms with E-state index in [0.29, 0.717) is 12.6 Å². The van der Waals surface area contributed by atoms with Crippen molar-refractivity contribution in [2.45, 2.75) is 32.9 Å². The average molecular weight is 362 g/mol. The minimum atomic E-state index is -0.0160. The summed E-state index contributed by atoms with van der Waals surface area (Å²) >= 11 is 0. The molecule has 0 aliphatic carbocycles. The minimum Gasteiger partial charge on any atom is -0.314 e. The van der Waals surface area contributed by atoms with Gasteiger partial charge >= 0.3 is 0 Å². The van der Waals surface area contributed by atoms with Crippen molar-refractivity contribution in [1.82, 2.24) is 19.6 Å². The van der Waals surface area contributed by atoms with Crippen molar-refractivity contribution < 1.29 is 0 Å². The van der Waals surface area contributed by atoms with Gasteiger partial charge in [-0.15, -0.1) is 0 Å². The first-order valence-corrected chi connectivity index (χ1v) is 9.67. The van der Waals surface area contributed by atoms with E-state index in [4.69, 9.17) is 4.98 Å². The van der Waals surface area contributed by atoms with Crippen LogP contribution >= 0.6 is 0 Å². The highest BCUT2D eigenvalue weighted by atomic mass is 16.1. The predicted octanol–water partition coefficient (Wildman–Crippen LogP) is 2.71. The zero-order valence-corrected chi connectivity index (χ0v) is 16.0. The number of hydrogen-bond acceptors (Lipinski definition) is 4. The fourth-order valence-electron chi connectivity index (χ4n) is 3.84. The minimum absolute atomic E-state index is 0.0160. The highest BCUT2D eigenvalue weighted by Crippen LogP contribution is 2.24. The number of pyridine rings is 1. The first-order valence-electron chi connectivity index (χ1n) is 9.67. The van der Waals surface area contributed by atoms with Gasteiger partial charge in [-0.05, 0) is 36.1 Å². The number of nitrogens with zero attached hydrogens (tertiary/aromatic N) is 3. The molecule has 0 amide bonds. The summed E-state index contributed by atoms with van der Waals surface area (Å²) < 4.78 is 1.62. The Morgan fingerprint density at radius 2 is 2.04 bits per heavy atom. The van der Waals surface area contributed by atoms with Crippen molar-refractivity contribution >= 4 is 5.65 Å². The second kappa shape index (κ2) is 7.62. The van der Waals surface area contributed by atoms with Crippen LogP contribution in [0.25, 0.3) is 5.65 Å². The van der Waals surface area contributed by atoms with Crippen LogP contribution in [0.15, 0.2) is 53.5 Å². The van der Waals surface area contributed by atoms with Crippen LogP contribution in [0.1, 0.15) is 35.3 Å². The fraction of sp³-hybridized carbons (Fsp3) is 0.364. The number of rotatable bonds is 4. The molecule has 3 aromatic rings. The predicted molar refractivity (Wildman–Crippen MR) is 108 cm³/mol. The summed E-state index contributed by atoms with van der Waals surface area (Å²) in [6.07, 6.45) is 2.83. The second-order valence-corrected chi connectivity index (χ2v) is 7.26. The first-order chi connectivity index (χ1) is 13.2. The number of aromatic nitrogens is 2. The summed E-state index contributed by atoms with van der Waals surface area (Å²) in [7, 11) is 0. The lowest BCUT2D eigenvalue weighted by atomic mass is 10.0. The maximum atomic E-state index is 12.5. The van der Waals surface area contributed by atoms with Crippen molar-refractivity contribution in [3.63, 3.8) is 0 Å². The van der Waals surface area contributed by atoms with Gasteiger partial charge in [0.05, 0.1) is 5.69 Å². The van der Waals surface area contributed by atoms with E-state index in [9.17, 15) is 4.79 Å². The topological polar surface area (TPSA) is 49.6 Å². The molecule has 5 nitrogen and oxygen atoms in total. The van der Waals surface area contributed by atoms with Crippen LogP contribution in [0.3, 0.4) is 0 Å². The van der Waals surface area contributed by atoms with Crippen molar-refractivity contribution in [3.05, 3.63) is 81.4 Å². The largest absolute Gasteiger partial charge is 0.314 e. The Morgan fingerprint density at radius 3 is 2.81 bits per heavy atom. The Labute approximate surface area is 159 Å². The molecule has 140 valence electrons. The third-order valence-corrected chi connectivity index (χ3v) is 5.43. The van der Waals surface area contributed by atoms with E-state index in [-0.39, 0.29) is 5.56 Å². The number of benzene rings is 1. The van der Waals surface area contributed by atoms with E-state index in [2.05, 4.69) is 41.4 Å². The Morgan fingerprint density at radius 1 is 1.22 bits per heavy atom. The molecule has 0 bridgehead atoms. The van der Waals surface area contributed by atoms with Gasteiger partial charge in [0, 0.05) is 44.5 Å². The molecule has 1 unspecified atom stereocenters. The van der Waals surface area contributed by atoms with Gasteiger partial charge in [-0.25, -0.2) is 4.98 Å². The van der Waals surface area contributed by atoms with E-state index in [1.165, 1.54) is 11.1 Å². The smallest absolute Gasteiger partial charge is 0.258 e. The lowest BCUT2D eigenvalue weighted by molar-refractivity contribution is 0.152. The van der Waals surface area contributed by atoms with E-state index in [0.717, 1.165) is 43.0 Å². The Balaban J connectivity index is 1.64. The van der Waals surface area contributed by atoms with E-state index >= 15 is 0 Å². The van der Waals surface area contributed by atoms with E-state index < -0.39 is 0 Å². The molecule has 0 saturated carbocycles. The molecule has 1 aliphatic heterocycles. The maximum absolute atomic E-state index is 12.5.